The fourth-order valence-electron chi connectivity index (χ4n) is 1.95. The number of nitrogens with zero attached hydrogens (tertiary/aromatic N) is 1. The van der Waals surface area contributed by atoms with Crippen LogP contribution in [0.3, 0.4) is 0 Å². The quantitative estimate of drug-likeness (QED) is 0.910. The Bertz CT molecular complexity index is 664. The van der Waals surface area contributed by atoms with E-state index in [4.69, 9.17) is 17.3 Å². The van der Waals surface area contributed by atoms with E-state index in [9.17, 15) is 4.79 Å². The number of halogens is 1. The molecule has 1 unspecified atom stereocenters. The molecule has 2 aromatic rings. The maximum atomic E-state index is 12.1. The highest BCUT2D eigenvalue weighted by Crippen LogP contribution is 2.28. The Hall–Kier alpha value is -1.65. The summed E-state index contributed by atoms with van der Waals surface area (Å²) < 4.78 is 0. The topological polar surface area (TPSA) is 68.0 Å². The van der Waals surface area contributed by atoms with Crippen molar-refractivity contribution in [1.29, 1.82) is 0 Å². The first-order valence-electron chi connectivity index (χ1n) is 6.87. The number of hydrogen-bond donors (Lipinski definition) is 2. The molecule has 0 aliphatic rings. The van der Waals surface area contributed by atoms with Crippen molar-refractivity contribution in [2.24, 2.45) is 11.1 Å². The number of hydrogen-bond acceptors (Lipinski definition) is 3. The molecule has 0 saturated heterocycles. The fourth-order valence-corrected chi connectivity index (χ4v) is 2.16. The minimum absolute atomic E-state index is 0.113. The van der Waals surface area contributed by atoms with Crippen LogP contribution in [-0.4, -0.2) is 16.9 Å². The lowest BCUT2D eigenvalue weighted by Crippen LogP contribution is -2.38. The van der Waals surface area contributed by atoms with E-state index in [0.29, 0.717) is 16.2 Å². The predicted octanol–water partition coefficient (Wildman–Crippen LogP) is 3.59. The SMILES string of the molecule is CC(C)(C)C(N)CC(=O)Nc1ccc(Cl)c2cccnc12. The molecule has 1 aromatic carbocycles. The molecule has 0 saturated carbocycles. The van der Waals surface area contributed by atoms with Crippen LogP contribution in [0, 0.1) is 5.41 Å². The second kappa shape index (κ2) is 6.00. The fraction of sp³-hybridized carbons (Fsp3) is 0.375. The smallest absolute Gasteiger partial charge is 0.226 e. The largest absolute Gasteiger partial charge is 0.327 e. The molecule has 2 rings (SSSR count). The third-order valence-corrected chi connectivity index (χ3v) is 3.84. The van der Waals surface area contributed by atoms with Gasteiger partial charge < -0.3 is 11.1 Å². The van der Waals surface area contributed by atoms with Gasteiger partial charge in [-0.05, 0) is 29.7 Å². The number of nitrogens with two attached hydrogens (primary N) is 1. The molecule has 0 aliphatic carbocycles. The van der Waals surface area contributed by atoms with E-state index in [1.54, 1.807) is 18.3 Å². The van der Waals surface area contributed by atoms with Crippen molar-refractivity contribution >= 4 is 34.1 Å². The zero-order valence-electron chi connectivity index (χ0n) is 12.5. The lowest BCUT2D eigenvalue weighted by Gasteiger charge is -2.26. The molecule has 0 fully saturated rings. The third-order valence-electron chi connectivity index (χ3n) is 3.51. The van der Waals surface area contributed by atoms with Gasteiger partial charge in [-0.1, -0.05) is 32.4 Å². The highest BCUT2D eigenvalue weighted by molar-refractivity contribution is 6.35. The molecular formula is C16H20ClN3O. The maximum Gasteiger partial charge on any atom is 0.226 e. The molecule has 4 nitrogen and oxygen atoms in total. The normalized spacial score (nSPS) is 13.2. The van der Waals surface area contributed by atoms with E-state index in [-0.39, 0.29) is 23.8 Å². The van der Waals surface area contributed by atoms with Crippen LogP contribution in [0.1, 0.15) is 27.2 Å². The average molecular weight is 306 g/mol. The van der Waals surface area contributed by atoms with Gasteiger partial charge >= 0.3 is 0 Å². The summed E-state index contributed by atoms with van der Waals surface area (Å²) in [5.74, 6) is -0.119. The maximum absolute atomic E-state index is 12.1. The summed E-state index contributed by atoms with van der Waals surface area (Å²) in [6.45, 7) is 6.05. The summed E-state index contributed by atoms with van der Waals surface area (Å²) in [7, 11) is 0. The minimum atomic E-state index is -0.205. The molecule has 112 valence electrons. The summed E-state index contributed by atoms with van der Waals surface area (Å²) in [5, 5.41) is 4.31. The Morgan fingerprint density at radius 1 is 1.38 bits per heavy atom. The van der Waals surface area contributed by atoms with Crippen molar-refractivity contribution in [3.63, 3.8) is 0 Å². The number of pyridine rings is 1. The van der Waals surface area contributed by atoms with Crippen LogP contribution in [0.15, 0.2) is 30.5 Å². The first-order chi connectivity index (χ1) is 9.79. The number of fused-ring (bicyclic) bond motifs is 1. The Balaban J connectivity index is 2.21. The molecule has 0 bridgehead atoms. The van der Waals surface area contributed by atoms with Crippen molar-refractivity contribution < 1.29 is 4.79 Å². The third kappa shape index (κ3) is 3.71. The molecule has 1 aromatic heterocycles. The molecule has 0 aliphatic heterocycles. The van der Waals surface area contributed by atoms with E-state index < -0.39 is 0 Å². The van der Waals surface area contributed by atoms with Crippen LogP contribution in [0.25, 0.3) is 10.9 Å². The standard InChI is InChI=1S/C16H20ClN3O/c1-16(2,3)13(18)9-14(21)20-12-7-6-11(17)10-5-4-8-19-15(10)12/h4-8,13H,9,18H2,1-3H3,(H,20,21). The number of benzene rings is 1. The van der Waals surface area contributed by atoms with Crippen LogP contribution in [0.5, 0.6) is 0 Å². The van der Waals surface area contributed by atoms with Gasteiger partial charge in [0.1, 0.15) is 0 Å². The summed E-state index contributed by atoms with van der Waals surface area (Å²) >= 11 is 6.14. The number of aromatic nitrogens is 1. The summed E-state index contributed by atoms with van der Waals surface area (Å²) in [5.41, 5.74) is 7.27. The number of carbonyl (C=O) groups excluding carboxylic acids is 1. The number of nitrogens with one attached hydrogen (secondary N) is 1. The van der Waals surface area contributed by atoms with Crippen molar-refractivity contribution in [3.05, 3.63) is 35.5 Å². The molecule has 1 heterocycles. The van der Waals surface area contributed by atoms with E-state index in [1.807, 2.05) is 32.9 Å². The second-order valence-corrected chi connectivity index (χ2v) is 6.63. The Morgan fingerprint density at radius 3 is 2.76 bits per heavy atom. The highest BCUT2D eigenvalue weighted by Gasteiger charge is 2.23. The zero-order chi connectivity index (χ0) is 15.6. The van der Waals surface area contributed by atoms with Crippen LogP contribution >= 0.6 is 11.6 Å². The van der Waals surface area contributed by atoms with E-state index in [1.165, 1.54) is 0 Å². The number of carbonyl (C=O) groups is 1. The monoisotopic (exact) mass is 305 g/mol. The Labute approximate surface area is 129 Å². The molecule has 1 amide bonds. The molecule has 0 radical (unpaired) electrons. The first-order valence-corrected chi connectivity index (χ1v) is 7.25. The van der Waals surface area contributed by atoms with Crippen LogP contribution in [-0.2, 0) is 4.79 Å². The van der Waals surface area contributed by atoms with Gasteiger partial charge in [0.15, 0.2) is 0 Å². The second-order valence-electron chi connectivity index (χ2n) is 6.22. The van der Waals surface area contributed by atoms with Crippen molar-refractivity contribution in [3.8, 4) is 0 Å². The van der Waals surface area contributed by atoms with Crippen LogP contribution in [0.4, 0.5) is 5.69 Å². The Morgan fingerprint density at radius 2 is 2.10 bits per heavy atom. The van der Waals surface area contributed by atoms with Crippen molar-refractivity contribution in [2.45, 2.75) is 33.2 Å². The van der Waals surface area contributed by atoms with E-state index in [0.717, 1.165) is 5.39 Å². The average Bonchev–Trinajstić information content (AvgIpc) is 2.41. The lowest BCUT2D eigenvalue weighted by molar-refractivity contribution is -0.117. The zero-order valence-corrected chi connectivity index (χ0v) is 13.2. The van der Waals surface area contributed by atoms with Gasteiger partial charge in [-0.25, -0.2) is 0 Å². The van der Waals surface area contributed by atoms with Gasteiger partial charge in [-0.15, -0.1) is 0 Å². The molecule has 21 heavy (non-hydrogen) atoms. The molecule has 0 spiro atoms. The Kier molecular flexibility index (Phi) is 4.49. The molecular weight excluding hydrogens is 286 g/mol. The summed E-state index contributed by atoms with van der Waals surface area (Å²) in [6.07, 6.45) is 1.94. The van der Waals surface area contributed by atoms with Gasteiger partial charge in [0.25, 0.3) is 0 Å². The van der Waals surface area contributed by atoms with Crippen molar-refractivity contribution in [1.82, 2.24) is 4.98 Å². The molecule has 3 N–H and O–H groups in total. The molecule has 5 heteroatoms. The van der Waals surface area contributed by atoms with Crippen molar-refractivity contribution in [2.75, 3.05) is 5.32 Å². The first kappa shape index (κ1) is 15.7. The highest BCUT2D eigenvalue weighted by atomic mass is 35.5. The van der Waals surface area contributed by atoms with Gasteiger partial charge in [0.05, 0.1) is 16.2 Å². The van der Waals surface area contributed by atoms with Crippen LogP contribution in [0.2, 0.25) is 5.02 Å². The summed E-state index contributed by atoms with van der Waals surface area (Å²) in [4.78, 5) is 16.4. The van der Waals surface area contributed by atoms with Gasteiger partial charge in [0.2, 0.25) is 5.91 Å². The number of anilines is 1. The predicted molar refractivity (Wildman–Crippen MR) is 87.4 cm³/mol. The molecule has 1 atom stereocenters. The number of amides is 1. The van der Waals surface area contributed by atoms with Gasteiger partial charge in [0, 0.05) is 24.0 Å². The minimum Gasteiger partial charge on any atom is -0.327 e. The van der Waals surface area contributed by atoms with E-state index in [2.05, 4.69) is 10.3 Å². The number of rotatable bonds is 3. The van der Waals surface area contributed by atoms with Gasteiger partial charge in [-0.2, -0.15) is 0 Å². The van der Waals surface area contributed by atoms with E-state index >= 15 is 0 Å². The van der Waals surface area contributed by atoms with Crippen LogP contribution < -0.4 is 11.1 Å². The van der Waals surface area contributed by atoms with Gasteiger partial charge in [-0.3, -0.25) is 9.78 Å². The lowest BCUT2D eigenvalue weighted by atomic mass is 9.85. The summed E-state index contributed by atoms with van der Waals surface area (Å²) in [6, 6.07) is 7.00.